The van der Waals surface area contributed by atoms with Gasteiger partial charge in [0.1, 0.15) is 5.75 Å². The number of anilines is 2. The number of para-hydroxylation sites is 1. The number of hydrogen-bond acceptors (Lipinski definition) is 5. The Kier molecular flexibility index (Phi) is 4.31. The monoisotopic (exact) mass is 398 g/mol. The fourth-order valence-electron chi connectivity index (χ4n) is 3.03. The van der Waals surface area contributed by atoms with E-state index in [2.05, 4.69) is 15.1 Å². The Hall–Kier alpha value is -3.33. The highest BCUT2D eigenvalue weighted by atomic mass is 32.2. The molecule has 2 aromatic carbocycles. The van der Waals surface area contributed by atoms with Gasteiger partial charge in [0.05, 0.1) is 33.3 Å². The zero-order valence-electron chi connectivity index (χ0n) is 15.3. The number of nitrogens with one attached hydrogen (secondary N) is 2. The second-order valence-corrected chi connectivity index (χ2v) is 8.08. The molecule has 0 aliphatic carbocycles. The van der Waals surface area contributed by atoms with Crippen molar-refractivity contribution >= 4 is 27.3 Å². The van der Waals surface area contributed by atoms with Crippen molar-refractivity contribution in [3.8, 4) is 11.4 Å². The Labute approximate surface area is 162 Å². The zero-order valence-corrected chi connectivity index (χ0v) is 16.1. The van der Waals surface area contributed by atoms with Gasteiger partial charge in [0.25, 0.3) is 15.9 Å². The number of sulfonamides is 1. The molecule has 2 heterocycles. The van der Waals surface area contributed by atoms with Gasteiger partial charge in [-0.15, -0.1) is 0 Å². The van der Waals surface area contributed by atoms with Crippen molar-refractivity contribution in [2.75, 3.05) is 16.6 Å². The van der Waals surface area contributed by atoms with Crippen LogP contribution < -0.4 is 14.8 Å². The molecular weight excluding hydrogens is 380 g/mol. The van der Waals surface area contributed by atoms with Gasteiger partial charge in [0, 0.05) is 0 Å². The lowest BCUT2D eigenvalue weighted by molar-refractivity contribution is -0.118. The summed E-state index contributed by atoms with van der Waals surface area (Å²) in [7, 11) is -3.89. The molecule has 0 saturated heterocycles. The van der Waals surface area contributed by atoms with Crippen LogP contribution in [0, 0.1) is 13.8 Å². The van der Waals surface area contributed by atoms with Crippen LogP contribution in [0.2, 0.25) is 0 Å². The van der Waals surface area contributed by atoms with Crippen molar-refractivity contribution in [2.24, 2.45) is 0 Å². The van der Waals surface area contributed by atoms with Crippen molar-refractivity contribution in [2.45, 2.75) is 18.7 Å². The molecule has 0 spiro atoms. The Bertz CT molecular complexity index is 1170. The Morgan fingerprint density at radius 2 is 1.89 bits per heavy atom. The molecular formula is C19H18N4O4S. The van der Waals surface area contributed by atoms with Gasteiger partial charge in [-0.05, 0) is 44.2 Å². The first-order valence-electron chi connectivity index (χ1n) is 8.56. The van der Waals surface area contributed by atoms with Crippen molar-refractivity contribution in [3.05, 3.63) is 59.9 Å². The number of nitrogens with zero attached hydrogens (tertiary/aromatic N) is 2. The summed E-state index contributed by atoms with van der Waals surface area (Å²) >= 11 is 0. The Morgan fingerprint density at radius 3 is 2.64 bits per heavy atom. The van der Waals surface area contributed by atoms with Crippen LogP contribution in [0.15, 0.2) is 53.4 Å². The van der Waals surface area contributed by atoms with E-state index in [-0.39, 0.29) is 17.4 Å². The number of fused-ring (bicyclic) bond motifs is 1. The van der Waals surface area contributed by atoms with Crippen LogP contribution >= 0.6 is 0 Å². The number of benzene rings is 2. The van der Waals surface area contributed by atoms with Gasteiger partial charge in [0.15, 0.2) is 6.61 Å². The van der Waals surface area contributed by atoms with Crippen LogP contribution in [0.5, 0.6) is 5.75 Å². The summed E-state index contributed by atoms with van der Waals surface area (Å²) in [5, 5.41) is 7.06. The number of ether oxygens (including phenoxy) is 1. The fraction of sp³-hybridized carbons (Fsp3) is 0.158. The van der Waals surface area contributed by atoms with Crippen molar-refractivity contribution in [3.63, 3.8) is 0 Å². The number of aryl methyl sites for hydroxylation is 1. The van der Waals surface area contributed by atoms with Crippen LogP contribution in [0.3, 0.4) is 0 Å². The summed E-state index contributed by atoms with van der Waals surface area (Å²) in [5.41, 5.74) is 2.80. The molecule has 1 aliphatic heterocycles. The van der Waals surface area contributed by atoms with E-state index in [0.29, 0.717) is 28.5 Å². The standard InChI is InChI=1S/C19H18N4O4S/c1-12-19(13(2)23(21-12)14-6-4-3-5-7-14)22-28(25,26)15-8-9-17-16(10-15)20-18(24)11-27-17/h3-10,22H,11H2,1-2H3,(H,20,24). The van der Waals surface area contributed by atoms with Gasteiger partial charge >= 0.3 is 0 Å². The van der Waals surface area contributed by atoms with Crippen LogP contribution in [0.1, 0.15) is 11.4 Å². The van der Waals surface area contributed by atoms with E-state index in [1.54, 1.807) is 18.5 Å². The molecule has 1 aliphatic rings. The minimum absolute atomic E-state index is 0.0170. The van der Waals surface area contributed by atoms with Crippen molar-refractivity contribution in [1.82, 2.24) is 9.78 Å². The predicted octanol–water partition coefficient (Wildman–Crippen LogP) is 2.62. The molecule has 2 N–H and O–H groups in total. The maximum Gasteiger partial charge on any atom is 0.262 e. The maximum atomic E-state index is 12.9. The van der Waals surface area contributed by atoms with Crippen LogP contribution in [-0.2, 0) is 14.8 Å². The number of carbonyl (C=O) groups is 1. The van der Waals surface area contributed by atoms with E-state index in [4.69, 9.17) is 4.74 Å². The molecule has 28 heavy (non-hydrogen) atoms. The van der Waals surface area contributed by atoms with Crippen LogP contribution in [0.4, 0.5) is 11.4 Å². The van der Waals surface area contributed by atoms with E-state index >= 15 is 0 Å². The van der Waals surface area contributed by atoms with Crippen molar-refractivity contribution < 1.29 is 17.9 Å². The highest BCUT2D eigenvalue weighted by Crippen LogP contribution is 2.32. The Morgan fingerprint density at radius 1 is 1.14 bits per heavy atom. The lowest BCUT2D eigenvalue weighted by Gasteiger charge is -2.18. The molecule has 4 rings (SSSR count). The minimum Gasteiger partial charge on any atom is -0.482 e. The Balaban J connectivity index is 1.69. The maximum absolute atomic E-state index is 12.9. The number of carbonyl (C=O) groups excluding carboxylic acids is 1. The second kappa shape index (κ2) is 6.68. The molecule has 9 heteroatoms. The van der Waals surface area contributed by atoms with E-state index in [0.717, 1.165) is 5.69 Å². The summed E-state index contributed by atoms with van der Waals surface area (Å²) < 4.78 is 35.4. The molecule has 0 radical (unpaired) electrons. The number of amides is 1. The van der Waals surface area contributed by atoms with Crippen LogP contribution in [0.25, 0.3) is 5.69 Å². The van der Waals surface area contributed by atoms with Gasteiger partial charge in [-0.3, -0.25) is 9.52 Å². The summed E-state index contributed by atoms with van der Waals surface area (Å²) in [5.74, 6) is 0.105. The van der Waals surface area contributed by atoms with Gasteiger partial charge in [0.2, 0.25) is 0 Å². The average molecular weight is 398 g/mol. The molecule has 3 aromatic rings. The highest BCUT2D eigenvalue weighted by molar-refractivity contribution is 7.92. The first kappa shape index (κ1) is 18.1. The van der Waals surface area contributed by atoms with E-state index < -0.39 is 10.0 Å². The van der Waals surface area contributed by atoms with Gasteiger partial charge in [-0.1, -0.05) is 18.2 Å². The number of hydrogen-bond donors (Lipinski definition) is 2. The predicted molar refractivity (Wildman–Crippen MR) is 104 cm³/mol. The molecule has 0 atom stereocenters. The molecule has 0 unspecified atom stereocenters. The fourth-order valence-corrected chi connectivity index (χ4v) is 4.24. The van der Waals surface area contributed by atoms with Gasteiger partial charge in [-0.2, -0.15) is 5.10 Å². The molecule has 1 aromatic heterocycles. The molecule has 144 valence electrons. The normalized spacial score (nSPS) is 13.4. The third-order valence-corrected chi connectivity index (χ3v) is 5.77. The summed E-state index contributed by atoms with van der Waals surface area (Å²) in [6.45, 7) is 3.45. The average Bonchev–Trinajstić information content (AvgIpc) is 2.96. The SMILES string of the molecule is Cc1nn(-c2ccccc2)c(C)c1NS(=O)(=O)c1ccc2c(c1)NC(=O)CO2. The molecule has 0 saturated carbocycles. The van der Waals surface area contributed by atoms with E-state index in [9.17, 15) is 13.2 Å². The number of rotatable bonds is 4. The quantitative estimate of drug-likeness (QED) is 0.703. The molecule has 0 fully saturated rings. The summed E-state index contributed by atoms with van der Waals surface area (Å²) in [6, 6.07) is 13.8. The van der Waals surface area contributed by atoms with Crippen molar-refractivity contribution in [1.29, 1.82) is 0 Å². The molecule has 8 nitrogen and oxygen atoms in total. The zero-order chi connectivity index (χ0) is 19.9. The lowest BCUT2D eigenvalue weighted by Crippen LogP contribution is -2.25. The van der Waals surface area contributed by atoms with Gasteiger partial charge in [-0.25, -0.2) is 13.1 Å². The highest BCUT2D eigenvalue weighted by Gasteiger charge is 2.23. The third-order valence-electron chi connectivity index (χ3n) is 4.42. The first-order valence-corrected chi connectivity index (χ1v) is 10.0. The number of aromatic nitrogens is 2. The second-order valence-electron chi connectivity index (χ2n) is 6.39. The summed E-state index contributed by atoms with van der Waals surface area (Å²) in [6.07, 6.45) is 0. The summed E-state index contributed by atoms with van der Waals surface area (Å²) in [4.78, 5) is 11.5. The molecule has 1 amide bonds. The largest absolute Gasteiger partial charge is 0.482 e. The van der Waals surface area contributed by atoms with E-state index in [1.165, 1.54) is 18.2 Å². The first-order chi connectivity index (χ1) is 13.3. The van der Waals surface area contributed by atoms with Gasteiger partial charge < -0.3 is 10.1 Å². The smallest absolute Gasteiger partial charge is 0.262 e. The minimum atomic E-state index is -3.89. The topological polar surface area (TPSA) is 102 Å². The van der Waals surface area contributed by atoms with Crippen LogP contribution in [-0.4, -0.2) is 30.7 Å². The van der Waals surface area contributed by atoms with E-state index in [1.807, 2.05) is 30.3 Å². The molecule has 0 bridgehead atoms. The lowest BCUT2D eigenvalue weighted by atomic mass is 10.2. The third kappa shape index (κ3) is 3.20.